The molecule has 0 spiro atoms. The summed E-state index contributed by atoms with van der Waals surface area (Å²) in [7, 11) is 0. The van der Waals surface area contributed by atoms with Gasteiger partial charge in [-0.25, -0.2) is 0 Å². The zero-order valence-electron chi connectivity index (χ0n) is 7.66. The Morgan fingerprint density at radius 2 is 2.00 bits per heavy atom. The van der Waals surface area contributed by atoms with Gasteiger partial charge in [0.25, 0.3) is 0 Å². The molecule has 13 heavy (non-hydrogen) atoms. The van der Waals surface area contributed by atoms with Gasteiger partial charge in [-0.3, -0.25) is 4.79 Å². The number of nitrogens with two attached hydrogens (primary N) is 1. The van der Waals surface area contributed by atoms with E-state index in [1.165, 1.54) is 0 Å². The second kappa shape index (κ2) is 4.45. The van der Waals surface area contributed by atoms with Gasteiger partial charge in [0.1, 0.15) is 0 Å². The third kappa shape index (κ3) is 3.56. The molecule has 0 bridgehead atoms. The van der Waals surface area contributed by atoms with Crippen LogP contribution < -0.4 is 5.73 Å². The summed E-state index contributed by atoms with van der Waals surface area (Å²) in [6, 6.07) is 9.86. The van der Waals surface area contributed by atoms with E-state index in [1.807, 2.05) is 43.3 Å². The van der Waals surface area contributed by atoms with E-state index in [0.717, 1.165) is 11.1 Å². The lowest BCUT2D eigenvalue weighted by Gasteiger charge is -1.97. The second-order valence-electron chi connectivity index (χ2n) is 3.04. The lowest BCUT2D eigenvalue weighted by Crippen LogP contribution is -2.10. The molecule has 0 saturated heterocycles. The molecule has 2 nitrogen and oxygen atoms in total. The molecule has 0 aliphatic heterocycles. The third-order valence-electron chi connectivity index (χ3n) is 1.67. The predicted octanol–water partition coefficient (Wildman–Crippen LogP) is 1.97. The van der Waals surface area contributed by atoms with E-state index in [2.05, 4.69) is 0 Å². The molecule has 1 aromatic rings. The van der Waals surface area contributed by atoms with E-state index in [9.17, 15) is 4.79 Å². The van der Waals surface area contributed by atoms with Crippen molar-refractivity contribution in [1.82, 2.24) is 0 Å². The van der Waals surface area contributed by atoms with E-state index < -0.39 is 0 Å². The predicted molar refractivity (Wildman–Crippen MR) is 53.9 cm³/mol. The number of rotatable bonds is 3. The fourth-order valence-electron chi connectivity index (χ4n) is 1.16. The van der Waals surface area contributed by atoms with Gasteiger partial charge < -0.3 is 5.73 Å². The Balaban J connectivity index is 2.71. The maximum Gasteiger partial charge on any atom is 0.221 e. The van der Waals surface area contributed by atoms with Crippen molar-refractivity contribution in [2.24, 2.45) is 5.73 Å². The molecule has 2 heteroatoms. The van der Waals surface area contributed by atoms with E-state index in [4.69, 9.17) is 5.73 Å². The molecule has 0 aromatic heterocycles. The van der Waals surface area contributed by atoms with Gasteiger partial charge in [0, 0.05) is 6.42 Å². The van der Waals surface area contributed by atoms with Crippen molar-refractivity contribution >= 4 is 12.0 Å². The molecule has 0 aliphatic carbocycles. The minimum absolute atomic E-state index is 0.287. The minimum atomic E-state index is -0.287. The maximum atomic E-state index is 10.6. The van der Waals surface area contributed by atoms with E-state index in [0.29, 0.717) is 6.42 Å². The van der Waals surface area contributed by atoms with Crippen LogP contribution >= 0.6 is 0 Å². The average Bonchev–Trinajstić information content (AvgIpc) is 2.04. The molecule has 0 saturated carbocycles. The van der Waals surface area contributed by atoms with Crippen LogP contribution in [0.4, 0.5) is 0 Å². The Morgan fingerprint density at radius 3 is 2.54 bits per heavy atom. The van der Waals surface area contributed by atoms with Crippen LogP contribution in [0.15, 0.2) is 35.9 Å². The SMILES string of the molecule is CC(=Cc1ccccc1)CC(N)=O. The smallest absolute Gasteiger partial charge is 0.221 e. The first-order chi connectivity index (χ1) is 6.18. The third-order valence-corrected chi connectivity index (χ3v) is 1.67. The molecule has 68 valence electrons. The molecule has 0 aliphatic rings. The van der Waals surface area contributed by atoms with Crippen LogP contribution in [0.1, 0.15) is 18.9 Å². The van der Waals surface area contributed by atoms with Crippen molar-refractivity contribution < 1.29 is 4.79 Å². The summed E-state index contributed by atoms with van der Waals surface area (Å²) >= 11 is 0. The molecule has 1 amide bonds. The van der Waals surface area contributed by atoms with Gasteiger partial charge in [-0.15, -0.1) is 0 Å². The Kier molecular flexibility index (Phi) is 3.26. The number of hydrogen-bond acceptors (Lipinski definition) is 1. The largest absolute Gasteiger partial charge is 0.369 e. The molecule has 0 heterocycles. The first kappa shape index (κ1) is 9.52. The number of primary amides is 1. The van der Waals surface area contributed by atoms with Crippen LogP contribution in [0.3, 0.4) is 0 Å². The standard InChI is InChI=1S/C11H13NO/c1-9(8-11(12)13)7-10-5-3-2-4-6-10/h2-7H,8H2,1H3,(H2,12,13). The monoisotopic (exact) mass is 175 g/mol. The van der Waals surface area contributed by atoms with Crippen molar-refractivity contribution in [3.8, 4) is 0 Å². The topological polar surface area (TPSA) is 43.1 Å². The van der Waals surface area contributed by atoms with Gasteiger partial charge in [-0.1, -0.05) is 42.0 Å². The summed E-state index contributed by atoms with van der Waals surface area (Å²) < 4.78 is 0. The van der Waals surface area contributed by atoms with Gasteiger partial charge in [-0.05, 0) is 12.5 Å². The van der Waals surface area contributed by atoms with Gasteiger partial charge in [0.15, 0.2) is 0 Å². The van der Waals surface area contributed by atoms with Gasteiger partial charge in [0.2, 0.25) is 5.91 Å². The fraction of sp³-hybridized carbons (Fsp3) is 0.182. The summed E-state index contributed by atoms with van der Waals surface area (Å²) in [5.41, 5.74) is 7.15. The summed E-state index contributed by atoms with van der Waals surface area (Å²) in [6.07, 6.45) is 2.29. The molecular weight excluding hydrogens is 162 g/mol. The zero-order chi connectivity index (χ0) is 9.68. The highest BCUT2D eigenvalue weighted by atomic mass is 16.1. The van der Waals surface area contributed by atoms with E-state index in [1.54, 1.807) is 0 Å². The lowest BCUT2D eigenvalue weighted by atomic mass is 10.1. The summed E-state index contributed by atoms with van der Waals surface area (Å²) in [5, 5.41) is 0. The summed E-state index contributed by atoms with van der Waals surface area (Å²) in [4.78, 5) is 10.6. The van der Waals surface area contributed by atoms with Gasteiger partial charge >= 0.3 is 0 Å². The van der Waals surface area contributed by atoms with Crippen molar-refractivity contribution in [3.05, 3.63) is 41.5 Å². The Morgan fingerprint density at radius 1 is 1.38 bits per heavy atom. The summed E-state index contributed by atoms with van der Waals surface area (Å²) in [5.74, 6) is -0.287. The zero-order valence-corrected chi connectivity index (χ0v) is 7.66. The fourth-order valence-corrected chi connectivity index (χ4v) is 1.16. The molecule has 2 N–H and O–H groups in total. The second-order valence-corrected chi connectivity index (χ2v) is 3.04. The average molecular weight is 175 g/mol. The van der Waals surface area contributed by atoms with Gasteiger partial charge in [0.05, 0.1) is 0 Å². The Bertz CT molecular complexity index is 314. The van der Waals surface area contributed by atoms with E-state index in [-0.39, 0.29) is 5.91 Å². The van der Waals surface area contributed by atoms with Crippen LogP contribution in [-0.2, 0) is 4.79 Å². The highest BCUT2D eigenvalue weighted by Gasteiger charge is 1.95. The van der Waals surface area contributed by atoms with Crippen molar-refractivity contribution in [3.63, 3.8) is 0 Å². The van der Waals surface area contributed by atoms with Crippen molar-refractivity contribution in [1.29, 1.82) is 0 Å². The molecule has 0 unspecified atom stereocenters. The van der Waals surface area contributed by atoms with Crippen LogP contribution in [0.5, 0.6) is 0 Å². The Labute approximate surface area is 78.1 Å². The molecular formula is C11H13NO. The molecule has 1 rings (SSSR count). The number of benzene rings is 1. The molecule has 0 fully saturated rings. The van der Waals surface area contributed by atoms with Crippen LogP contribution in [-0.4, -0.2) is 5.91 Å². The number of amides is 1. The number of carbonyl (C=O) groups excluding carboxylic acids is 1. The maximum absolute atomic E-state index is 10.6. The van der Waals surface area contributed by atoms with Crippen molar-refractivity contribution in [2.75, 3.05) is 0 Å². The van der Waals surface area contributed by atoms with Crippen LogP contribution in [0, 0.1) is 0 Å². The molecule has 0 radical (unpaired) electrons. The quantitative estimate of drug-likeness (QED) is 0.749. The van der Waals surface area contributed by atoms with E-state index >= 15 is 0 Å². The minimum Gasteiger partial charge on any atom is -0.369 e. The molecule has 1 aromatic carbocycles. The first-order valence-corrected chi connectivity index (χ1v) is 4.19. The normalized spacial score (nSPS) is 11.3. The summed E-state index contributed by atoms with van der Waals surface area (Å²) in [6.45, 7) is 1.90. The lowest BCUT2D eigenvalue weighted by molar-refractivity contribution is -0.117. The Hall–Kier alpha value is -1.57. The number of carbonyl (C=O) groups is 1. The molecule has 0 atom stereocenters. The van der Waals surface area contributed by atoms with Crippen LogP contribution in [0.25, 0.3) is 6.08 Å². The highest BCUT2D eigenvalue weighted by Crippen LogP contribution is 2.08. The van der Waals surface area contributed by atoms with Crippen LogP contribution in [0.2, 0.25) is 0 Å². The highest BCUT2D eigenvalue weighted by molar-refractivity contribution is 5.78. The number of hydrogen-bond donors (Lipinski definition) is 1. The first-order valence-electron chi connectivity index (χ1n) is 4.19. The van der Waals surface area contributed by atoms with Crippen molar-refractivity contribution in [2.45, 2.75) is 13.3 Å². The van der Waals surface area contributed by atoms with Gasteiger partial charge in [-0.2, -0.15) is 0 Å².